The molecule has 0 spiro atoms. The third kappa shape index (κ3) is 3.86. The van der Waals surface area contributed by atoms with Crippen molar-refractivity contribution in [3.63, 3.8) is 0 Å². The topological polar surface area (TPSA) is 29.1 Å². The highest BCUT2D eigenvalue weighted by Crippen LogP contribution is 2.44. The van der Waals surface area contributed by atoms with E-state index in [0.29, 0.717) is 12.3 Å². The van der Waals surface area contributed by atoms with Crippen LogP contribution in [0.1, 0.15) is 50.5 Å². The summed E-state index contributed by atoms with van der Waals surface area (Å²) >= 11 is 0. The highest BCUT2D eigenvalue weighted by molar-refractivity contribution is 5.75. The Balaban J connectivity index is 1.83. The number of amides is 1. The molecule has 1 atom stereocenters. The Hall–Kier alpha value is -1.31. The van der Waals surface area contributed by atoms with Gasteiger partial charge in [0.15, 0.2) is 0 Å². The molecule has 1 fully saturated rings. The Morgan fingerprint density at radius 2 is 2.06 bits per heavy atom. The summed E-state index contributed by atoms with van der Waals surface area (Å²) in [4.78, 5) is 11.4. The lowest BCUT2D eigenvalue weighted by molar-refractivity contribution is -0.121. The second-order valence-corrected chi connectivity index (χ2v) is 5.24. The normalized spacial score (nSPS) is 16.3. The zero-order valence-electron chi connectivity index (χ0n) is 11.2. The maximum absolute atomic E-state index is 11.4. The maximum Gasteiger partial charge on any atom is 0.219 e. The first-order valence-electron chi connectivity index (χ1n) is 7.13. The molecule has 0 aliphatic heterocycles. The SMILES string of the molecule is CCCC(=O)NCCC(c1ccccc1)C1CC1. The molecule has 2 rings (SSSR count). The fourth-order valence-corrected chi connectivity index (χ4v) is 2.56. The molecule has 0 bridgehead atoms. The Morgan fingerprint density at radius 3 is 2.67 bits per heavy atom. The van der Waals surface area contributed by atoms with Crippen LogP contribution in [-0.4, -0.2) is 12.5 Å². The summed E-state index contributed by atoms with van der Waals surface area (Å²) in [6.45, 7) is 2.85. The Labute approximate surface area is 110 Å². The number of carbonyl (C=O) groups excluding carboxylic acids is 1. The molecule has 0 aromatic heterocycles. The van der Waals surface area contributed by atoms with Crippen molar-refractivity contribution in [1.29, 1.82) is 0 Å². The van der Waals surface area contributed by atoms with E-state index in [2.05, 4.69) is 35.6 Å². The van der Waals surface area contributed by atoms with E-state index in [1.54, 1.807) is 0 Å². The average Bonchev–Trinajstić information content (AvgIpc) is 3.20. The lowest BCUT2D eigenvalue weighted by atomic mass is 9.91. The van der Waals surface area contributed by atoms with Gasteiger partial charge < -0.3 is 5.32 Å². The number of benzene rings is 1. The molecule has 1 aliphatic rings. The second kappa shape index (κ2) is 6.58. The van der Waals surface area contributed by atoms with Crippen LogP contribution >= 0.6 is 0 Å². The molecule has 0 saturated heterocycles. The Kier molecular flexibility index (Phi) is 4.80. The fraction of sp³-hybridized carbons (Fsp3) is 0.562. The highest BCUT2D eigenvalue weighted by Gasteiger charge is 2.31. The zero-order chi connectivity index (χ0) is 12.8. The first-order chi connectivity index (χ1) is 8.81. The van der Waals surface area contributed by atoms with Gasteiger partial charge in [-0.05, 0) is 43.1 Å². The Bertz CT molecular complexity index is 370. The summed E-state index contributed by atoms with van der Waals surface area (Å²) in [5.41, 5.74) is 1.43. The van der Waals surface area contributed by atoms with E-state index in [4.69, 9.17) is 0 Å². The summed E-state index contributed by atoms with van der Waals surface area (Å²) in [6.07, 6.45) is 5.35. The molecule has 1 aromatic rings. The third-order valence-corrected chi connectivity index (χ3v) is 3.67. The quantitative estimate of drug-likeness (QED) is 0.783. The van der Waals surface area contributed by atoms with E-state index in [9.17, 15) is 4.79 Å². The van der Waals surface area contributed by atoms with Crippen molar-refractivity contribution in [3.05, 3.63) is 35.9 Å². The number of rotatable bonds is 7. The van der Waals surface area contributed by atoms with Gasteiger partial charge in [0.25, 0.3) is 0 Å². The lowest BCUT2D eigenvalue weighted by Gasteiger charge is -2.17. The molecule has 18 heavy (non-hydrogen) atoms. The van der Waals surface area contributed by atoms with Crippen molar-refractivity contribution in [2.75, 3.05) is 6.54 Å². The van der Waals surface area contributed by atoms with E-state index in [1.807, 2.05) is 6.92 Å². The molecule has 0 heterocycles. The van der Waals surface area contributed by atoms with Crippen LogP contribution in [0.4, 0.5) is 0 Å². The van der Waals surface area contributed by atoms with E-state index in [-0.39, 0.29) is 5.91 Å². The molecular formula is C16H23NO. The van der Waals surface area contributed by atoms with E-state index < -0.39 is 0 Å². The number of carbonyl (C=O) groups is 1. The minimum atomic E-state index is 0.195. The van der Waals surface area contributed by atoms with Crippen LogP contribution < -0.4 is 5.32 Å². The summed E-state index contributed by atoms with van der Waals surface area (Å²) in [7, 11) is 0. The smallest absolute Gasteiger partial charge is 0.219 e. The molecule has 1 aliphatic carbocycles. The second-order valence-electron chi connectivity index (χ2n) is 5.24. The molecule has 1 unspecified atom stereocenters. The monoisotopic (exact) mass is 245 g/mol. The van der Waals surface area contributed by atoms with Crippen LogP contribution in [0.15, 0.2) is 30.3 Å². The van der Waals surface area contributed by atoms with Crippen LogP contribution in [0.3, 0.4) is 0 Å². The molecule has 1 amide bonds. The van der Waals surface area contributed by atoms with E-state index in [1.165, 1.54) is 18.4 Å². The average molecular weight is 245 g/mol. The van der Waals surface area contributed by atoms with Gasteiger partial charge in [-0.2, -0.15) is 0 Å². The van der Waals surface area contributed by atoms with Gasteiger partial charge in [-0.15, -0.1) is 0 Å². The minimum absolute atomic E-state index is 0.195. The summed E-state index contributed by atoms with van der Waals surface area (Å²) < 4.78 is 0. The molecular weight excluding hydrogens is 222 g/mol. The van der Waals surface area contributed by atoms with Crippen molar-refractivity contribution in [2.24, 2.45) is 5.92 Å². The molecule has 1 N–H and O–H groups in total. The first-order valence-corrected chi connectivity index (χ1v) is 7.13. The van der Waals surface area contributed by atoms with Crippen LogP contribution in [0.2, 0.25) is 0 Å². The molecule has 0 radical (unpaired) electrons. The highest BCUT2D eigenvalue weighted by atomic mass is 16.1. The van der Waals surface area contributed by atoms with Gasteiger partial charge in [0.1, 0.15) is 0 Å². The van der Waals surface area contributed by atoms with Crippen molar-refractivity contribution in [1.82, 2.24) is 5.32 Å². The van der Waals surface area contributed by atoms with Crippen molar-refractivity contribution in [3.8, 4) is 0 Å². The predicted octanol–water partition coefficient (Wildman–Crippen LogP) is 3.49. The van der Waals surface area contributed by atoms with Gasteiger partial charge in [0, 0.05) is 13.0 Å². The largest absolute Gasteiger partial charge is 0.356 e. The van der Waals surface area contributed by atoms with Crippen LogP contribution in [0, 0.1) is 5.92 Å². The molecule has 1 aromatic carbocycles. The number of hydrogen-bond acceptors (Lipinski definition) is 1. The maximum atomic E-state index is 11.4. The van der Waals surface area contributed by atoms with Gasteiger partial charge in [-0.25, -0.2) is 0 Å². The summed E-state index contributed by atoms with van der Waals surface area (Å²) in [6, 6.07) is 10.7. The molecule has 1 saturated carbocycles. The van der Waals surface area contributed by atoms with Crippen molar-refractivity contribution in [2.45, 2.75) is 44.9 Å². The summed E-state index contributed by atoms with van der Waals surface area (Å²) in [5.74, 6) is 1.67. The van der Waals surface area contributed by atoms with Gasteiger partial charge in [-0.1, -0.05) is 37.3 Å². The minimum Gasteiger partial charge on any atom is -0.356 e. The van der Waals surface area contributed by atoms with E-state index in [0.717, 1.165) is 25.3 Å². The van der Waals surface area contributed by atoms with Crippen molar-refractivity contribution < 1.29 is 4.79 Å². The van der Waals surface area contributed by atoms with Gasteiger partial charge in [0.05, 0.1) is 0 Å². The number of nitrogens with one attached hydrogen (secondary N) is 1. The number of hydrogen-bond donors (Lipinski definition) is 1. The third-order valence-electron chi connectivity index (χ3n) is 3.67. The molecule has 2 heteroatoms. The fourth-order valence-electron chi connectivity index (χ4n) is 2.56. The van der Waals surface area contributed by atoms with Crippen LogP contribution in [0.5, 0.6) is 0 Å². The predicted molar refractivity (Wildman–Crippen MR) is 74.4 cm³/mol. The van der Waals surface area contributed by atoms with Crippen molar-refractivity contribution >= 4 is 5.91 Å². The van der Waals surface area contributed by atoms with Crippen LogP contribution in [-0.2, 0) is 4.79 Å². The van der Waals surface area contributed by atoms with Gasteiger partial charge in [-0.3, -0.25) is 4.79 Å². The van der Waals surface area contributed by atoms with Crippen LogP contribution in [0.25, 0.3) is 0 Å². The lowest BCUT2D eigenvalue weighted by Crippen LogP contribution is -2.25. The Morgan fingerprint density at radius 1 is 1.33 bits per heavy atom. The zero-order valence-corrected chi connectivity index (χ0v) is 11.2. The summed E-state index contributed by atoms with van der Waals surface area (Å²) in [5, 5.41) is 3.03. The van der Waals surface area contributed by atoms with Gasteiger partial charge >= 0.3 is 0 Å². The standard InChI is InChI=1S/C16H23NO/c1-2-6-16(18)17-12-11-15(14-9-10-14)13-7-4-3-5-8-13/h3-5,7-8,14-15H,2,6,9-12H2,1H3,(H,17,18). The molecule has 2 nitrogen and oxygen atoms in total. The van der Waals surface area contributed by atoms with Gasteiger partial charge in [0.2, 0.25) is 5.91 Å². The van der Waals surface area contributed by atoms with E-state index >= 15 is 0 Å². The molecule has 98 valence electrons. The first kappa shape index (κ1) is 13.1.